The Morgan fingerprint density at radius 1 is 1.10 bits per heavy atom. The smallest absolute Gasteiger partial charge is 0.326 e. The van der Waals surface area contributed by atoms with Crippen molar-refractivity contribution in [1.29, 1.82) is 5.41 Å². The van der Waals surface area contributed by atoms with Crippen LogP contribution in [0.2, 0.25) is 0 Å². The number of carboxylic acid groups (broad SMARTS) is 1. The molecule has 0 aliphatic rings. The summed E-state index contributed by atoms with van der Waals surface area (Å²) in [6, 6.07) is 10.2. The molecule has 0 saturated carbocycles. The summed E-state index contributed by atoms with van der Waals surface area (Å²) >= 11 is 0. The van der Waals surface area contributed by atoms with E-state index in [1.165, 1.54) is 42.5 Å². The van der Waals surface area contributed by atoms with Gasteiger partial charge < -0.3 is 27.2 Å². The third-order valence-corrected chi connectivity index (χ3v) is 5.58. The average molecular weight is 449 g/mol. The van der Waals surface area contributed by atoms with E-state index in [0.29, 0.717) is 12.1 Å². The van der Waals surface area contributed by atoms with Crippen molar-refractivity contribution in [1.82, 2.24) is 10.6 Å². The Morgan fingerprint density at radius 2 is 1.74 bits per heavy atom. The fraction of sp³-hybridized carbons (Fsp3) is 0.211. The molecule has 0 aliphatic carbocycles. The molecule has 1 amide bonds. The number of hydrogen-bond acceptors (Lipinski definition) is 6. The van der Waals surface area contributed by atoms with Crippen molar-refractivity contribution >= 4 is 39.2 Å². The van der Waals surface area contributed by atoms with Gasteiger partial charge in [0.15, 0.2) is 5.96 Å². The van der Waals surface area contributed by atoms with Crippen LogP contribution < -0.4 is 26.8 Å². The van der Waals surface area contributed by atoms with Crippen LogP contribution in [0.25, 0.3) is 0 Å². The highest BCUT2D eigenvalue weighted by molar-refractivity contribution is 7.92. The van der Waals surface area contributed by atoms with Gasteiger partial charge in [0, 0.05) is 12.2 Å². The van der Waals surface area contributed by atoms with Gasteiger partial charge in [-0.25, -0.2) is 13.2 Å². The number of para-hydroxylation sites is 1. The molecule has 0 radical (unpaired) electrons. The first-order chi connectivity index (χ1) is 14.6. The van der Waals surface area contributed by atoms with E-state index in [-0.39, 0.29) is 35.1 Å². The first-order valence-electron chi connectivity index (χ1n) is 9.19. The zero-order valence-corrected chi connectivity index (χ0v) is 17.3. The highest BCUT2D eigenvalue weighted by Crippen LogP contribution is 2.21. The number of sulfonamides is 1. The Kier molecular flexibility index (Phi) is 7.80. The van der Waals surface area contributed by atoms with Crippen molar-refractivity contribution < 1.29 is 23.1 Å². The maximum Gasteiger partial charge on any atom is 0.326 e. The van der Waals surface area contributed by atoms with Crippen molar-refractivity contribution in [3.8, 4) is 0 Å². The number of nitrogens with one attached hydrogen (secondary N) is 4. The summed E-state index contributed by atoms with van der Waals surface area (Å²) < 4.78 is 27.6. The van der Waals surface area contributed by atoms with Gasteiger partial charge in [0.05, 0.1) is 16.1 Å². The minimum Gasteiger partial charge on any atom is -0.480 e. The number of aliphatic carboxylic acids is 1. The predicted octanol–water partition coefficient (Wildman–Crippen LogP) is 0.516. The lowest BCUT2D eigenvalue weighted by molar-refractivity contribution is -0.139. The van der Waals surface area contributed by atoms with Gasteiger partial charge in [-0.2, -0.15) is 0 Å². The number of carbonyl (C=O) groups excluding carboxylic acids is 1. The number of guanidine groups is 1. The quantitative estimate of drug-likeness (QED) is 0.118. The minimum atomic E-state index is -4.00. The molecular weight excluding hydrogens is 424 g/mol. The lowest BCUT2D eigenvalue weighted by Gasteiger charge is -2.17. The van der Waals surface area contributed by atoms with E-state index < -0.39 is 27.9 Å². The highest BCUT2D eigenvalue weighted by atomic mass is 32.2. The van der Waals surface area contributed by atoms with Gasteiger partial charge in [0.1, 0.15) is 6.04 Å². The van der Waals surface area contributed by atoms with Crippen LogP contribution in [0.5, 0.6) is 0 Å². The second-order valence-corrected chi connectivity index (χ2v) is 8.25. The summed E-state index contributed by atoms with van der Waals surface area (Å²) in [6.07, 6.45) is 0.420. The van der Waals surface area contributed by atoms with E-state index in [1.54, 1.807) is 6.07 Å². The van der Waals surface area contributed by atoms with Crippen LogP contribution in [0.3, 0.4) is 0 Å². The molecule has 12 heteroatoms. The Bertz CT molecular complexity index is 1060. The number of benzene rings is 2. The fourth-order valence-electron chi connectivity index (χ4n) is 2.64. The molecule has 2 aromatic carbocycles. The van der Waals surface area contributed by atoms with Crippen LogP contribution in [-0.4, -0.2) is 43.9 Å². The van der Waals surface area contributed by atoms with Crippen molar-refractivity contribution in [2.75, 3.05) is 17.0 Å². The normalized spacial score (nSPS) is 11.9. The molecule has 31 heavy (non-hydrogen) atoms. The molecule has 0 aliphatic heterocycles. The molecule has 9 N–H and O–H groups in total. The third-order valence-electron chi connectivity index (χ3n) is 4.19. The van der Waals surface area contributed by atoms with Gasteiger partial charge in [0.25, 0.3) is 15.9 Å². The number of nitrogen functional groups attached to an aromatic ring is 1. The zero-order chi connectivity index (χ0) is 23.0. The molecule has 0 bridgehead atoms. The minimum absolute atomic E-state index is 0.000731. The van der Waals surface area contributed by atoms with Crippen molar-refractivity contribution in [2.24, 2.45) is 5.73 Å². The van der Waals surface area contributed by atoms with Crippen molar-refractivity contribution in [3.63, 3.8) is 0 Å². The lowest BCUT2D eigenvalue weighted by Crippen LogP contribution is -2.41. The number of carboxylic acids is 1. The van der Waals surface area contributed by atoms with Crippen LogP contribution in [0, 0.1) is 5.41 Å². The van der Waals surface area contributed by atoms with E-state index in [0.717, 1.165) is 0 Å². The molecule has 0 unspecified atom stereocenters. The van der Waals surface area contributed by atoms with Crippen LogP contribution >= 0.6 is 0 Å². The van der Waals surface area contributed by atoms with Gasteiger partial charge >= 0.3 is 5.97 Å². The van der Waals surface area contributed by atoms with Gasteiger partial charge in [-0.05, 0) is 49.2 Å². The van der Waals surface area contributed by atoms with E-state index in [9.17, 15) is 23.1 Å². The second kappa shape index (κ2) is 10.3. The molecule has 0 spiro atoms. The van der Waals surface area contributed by atoms with Gasteiger partial charge in [-0.15, -0.1) is 0 Å². The largest absolute Gasteiger partial charge is 0.480 e. The molecule has 1 atom stereocenters. The average Bonchev–Trinajstić information content (AvgIpc) is 2.70. The van der Waals surface area contributed by atoms with Crippen LogP contribution in [0.4, 0.5) is 11.4 Å². The van der Waals surface area contributed by atoms with Crippen LogP contribution in [-0.2, 0) is 14.8 Å². The number of hydrogen-bond donors (Lipinski definition) is 7. The number of anilines is 2. The molecule has 0 fully saturated rings. The third kappa shape index (κ3) is 6.89. The van der Waals surface area contributed by atoms with Gasteiger partial charge in [0.2, 0.25) is 0 Å². The Balaban J connectivity index is 2.15. The molecule has 0 saturated heterocycles. The predicted molar refractivity (Wildman–Crippen MR) is 116 cm³/mol. The van der Waals surface area contributed by atoms with Gasteiger partial charge in [-0.3, -0.25) is 14.9 Å². The number of amides is 1. The maximum atomic E-state index is 12.7. The van der Waals surface area contributed by atoms with E-state index in [1.807, 2.05) is 0 Å². The fourth-order valence-corrected chi connectivity index (χ4v) is 3.72. The maximum absolute atomic E-state index is 12.7. The molecule has 0 aromatic heterocycles. The lowest BCUT2D eigenvalue weighted by atomic mass is 10.1. The summed E-state index contributed by atoms with van der Waals surface area (Å²) in [4.78, 5) is 24.1. The monoisotopic (exact) mass is 448 g/mol. The number of carbonyl (C=O) groups is 2. The van der Waals surface area contributed by atoms with Crippen molar-refractivity contribution in [3.05, 3.63) is 54.1 Å². The van der Waals surface area contributed by atoms with E-state index >= 15 is 0 Å². The standard InChI is InChI=1S/C19H24N6O5S/c20-12-7-9-13(10-8-12)31(29,30)25-15-5-2-1-4-14(15)17(26)24-16(18(27)28)6-3-11-23-19(21)22/h1-2,4-5,7-10,16,25H,3,6,11,20H2,(H,24,26)(H,27,28)(H4,21,22,23)/t16-/m0/s1. The van der Waals surface area contributed by atoms with E-state index in [4.69, 9.17) is 16.9 Å². The molecule has 166 valence electrons. The first-order valence-corrected chi connectivity index (χ1v) is 10.7. The summed E-state index contributed by atoms with van der Waals surface area (Å²) in [5.74, 6) is -2.23. The number of rotatable bonds is 10. The summed E-state index contributed by atoms with van der Waals surface area (Å²) in [5, 5.41) is 21.4. The van der Waals surface area contributed by atoms with E-state index in [2.05, 4.69) is 15.4 Å². The molecular formula is C19H24N6O5S. The Labute approximate surface area is 179 Å². The molecule has 2 aromatic rings. The SMILES string of the molecule is N=C(N)NCCC[C@H](NC(=O)c1ccccc1NS(=O)(=O)c1ccc(N)cc1)C(=O)O. The van der Waals surface area contributed by atoms with Crippen LogP contribution in [0.1, 0.15) is 23.2 Å². The van der Waals surface area contributed by atoms with Gasteiger partial charge in [-0.1, -0.05) is 12.1 Å². The van der Waals surface area contributed by atoms with Crippen LogP contribution in [0.15, 0.2) is 53.4 Å². The Morgan fingerprint density at radius 3 is 2.35 bits per heavy atom. The Hall–Kier alpha value is -3.80. The summed E-state index contributed by atoms with van der Waals surface area (Å²) in [6.45, 7) is 0.271. The van der Waals surface area contributed by atoms with Crippen molar-refractivity contribution in [2.45, 2.75) is 23.8 Å². The number of nitrogens with two attached hydrogens (primary N) is 2. The second-order valence-electron chi connectivity index (χ2n) is 6.57. The zero-order valence-electron chi connectivity index (χ0n) is 16.5. The summed E-state index contributed by atoms with van der Waals surface area (Å²) in [7, 11) is -4.00. The summed E-state index contributed by atoms with van der Waals surface area (Å²) in [5.41, 5.74) is 11.1. The molecule has 0 heterocycles. The highest BCUT2D eigenvalue weighted by Gasteiger charge is 2.23. The topological polar surface area (TPSA) is 200 Å². The first kappa shape index (κ1) is 23.5. The molecule has 11 nitrogen and oxygen atoms in total. The molecule has 2 rings (SSSR count).